The number of aromatic amines is 2. The summed E-state index contributed by atoms with van der Waals surface area (Å²) in [6, 6.07) is 3.63. The number of primary amides is 1. The van der Waals surface area contributed by atoms with Crippen LogP contribution in [-0.2, 0) is 20.7 Å². The second kappa shape index (κ2) is 7.98. The Morgan fingerprint density at radius 2 is 2.08 bits per heavy atom. The largest absolute Gasteiger partial charge is 0.466 e. The first kappa shape index (κ1) is 18.7. The van der Waals surface area contributed by atoms with Gasteiger partial charge in [0.1, 0.15) is 5.82 Å². The van der Waals surface area contributed by atoms with Crippen LogP contribution in [0.2, 0.25) is 5.02 Å². The molecule has 0 bridgehead atoms. The van der Waals surface area contributed by atoms with E-state index < -0.39 is 29.2 Å². The number of amides is 1. The summed E-state index contributed by atoms with van der Waals surface area (Å²) in [5.41, 5.74) is 5.53. The van der Waals surface area contributed by atoms with E-state index >= 15 is 0 Å². The van der Waals surface area contributed by atoms with Crippen LogP contribution in [0.25, 0.3) is 0 Å². The molecule has 1 aromatic heterocycles. The molecule has 0 aliphatic heterocycles. The molecule has 1 aromatic carbocycles. The molecule has 1 heterocycles. The van der Waals surface area contributed by atoms with Crippen molar-refractivity contribution in [3.63, 3.8) is 0 Å². The van der Waals surface area contributed by atoms with E-state index in [1.54, 1.807) is 6.92 Å². The minimum atomic E-state index is -0.829. The number of hydrogen-bond donors (Lipinski definition) is 3. The number of nitrogens with two attached hydrogens (primary N) is 1. The summed E-state index contributed by atoms with van der Waals surface area (Å²) in [5.74, 6) is -2.60. The minimum absolute atomic E-state index is 0.0499. The molecule has 0 unspecified atom stereocenters. The van der Waals surface area contributed by atoms with Gasteiger partial charge >= 0.3 is 5.97 Å². The van der Waals surface area contributed by atoms with E-state index in [0.717, 1.165) is 6.07 Å². The van der Waals surface area contributed by atoms with Crippen LogP contribution in [0.15, 0.2) is 23.0 Å². The normalized spacial score (nSPS) is 12.0. The van der Waals surface area contributed by atoms with Crippen LogP contribution in [0, 0.1) is 5.82 Å². The average molecular weight is 370 g/mol. The van der Waals surface area contributed by atoms with Crippen molar-refractivity contribution in [2.45, 2.75) is 25.7 Å². The van der Waals surface area contributed by atoms with Gasteiger partial charge in [0, 0.05) is 22.9 Å². The molecule has 25 heavy (non-hydrogen) atoms. The first-order valence-corrected chi connectivity index (χ1v) is 7.89. The molecule has 0 aliphatic rings. The highest BCUT2D eigenvalue weighted by Gasteiger charge is 2.27. The summed E-state index contributed by atoms with van der Waals surface area (Å²) in [6.45, 7) is 1.85. The maximum Gasteiger partial charge on any atom is 0.311 e. The van der Waals surface area contributed by atoms with E-state index in [2.05, 4.69) is 10.2 Å². The standard InChI is InChI=1S/C16H17ClFN3O4/c1-2-25-14(23)7-12-15(16(24)21-20-12)10(6-13(19)22)9-4-3-8(18)5-11(9)17/h3-5,10H,2,6-7H2,1H3,(H2,19,22)(H2,20,21,24)/t10-/m0/s1. The number of aromatic nitrogens is 2. The number of carbonyl (C=O) groups excluding carboxylic acids is 2. The van der Waals surface area contributed by atoms with E-state index in [0.29, 0.717) is 5.56 Å². The third kappa shape index (κ3) is 4.48. The monoisotopic (exact) mass is 369 g/mol. The van der Waals surface area contributed by atoms with Crippen LogP contribution in [-0.4, -0.2) is 28.7 Å². The Balaban J connectivity index is 2.52. The lowest BCUT2D eigenvalue weighted by Gasteiger charge is -2.17. The van der Waals surface area contributed by atoms with Gasteiger partial charge in [0.25, 0.3) is 5.56 Å². The van der Waals surface area contributed by atoms with Crippen LogP contribution >= 0.6 is 11.6 Å². The maximum atomic E-state index is 13.3. The van der Waals surface area contributed by atoms with Gasteiger partial charge in [-0.05, 0) is 24.6 Å². The number of rotatable bonds is 7. The molecule has 0 aliphatic carbocycles. The first-order chi connectivity index (χ1) is 11.8. The number of hydrogen-bond acceptors (Lipinski definition) is 4. The Hall–Kier alpha value is -2.61. The van der Waals surface area contributed by atoms with Crippen LogP contribution in [0.5, 0.6) is 0 Å². The molecule has 4 N–H and O–H groups in total. The molecule has 0 fully saturated rings. The van der Waals surface area contributed by atoms with Gasteiger partial charge in [-0.3, -0.25) is 19.5 Å². The fourth-order valence-electron chi connectivity index (χ4n) is 2.62. The van der Waals surface area contributed by atoms with Crippen molar-refractivity contribution >= 4 is 23.5 Å². The Labute approximate surface area is 147 Å². The number of halogens is 2. The average Bonchev–Trinajstić information content (AvgIpc) is 2.86. The van der Waals surface area contributed by atoms with Crippen LogP contribution < -0.4 is 11.3 Å². The molecule has 1 amide bonds. The summed E-state index contributed by atoms with van der Waals surface area (Å²) in [6.07, 6.45) is -0.432. The van der Waals surface area contributed by atoms with Crippen molar-refractivity contribution in [1.29, 1.82) is 0 Å². The molecule has 0 radical (unpaired) electrons. The highest BCUT2D eigenvalue weighted by molar-refractivity contribution is 6.31. The maximum absolute atomic E-state index is 13.3. The predicted molar refractivity (Wildman–Crippen MR) is 88.8 cm³/mol. The predicted octanol–water partition coefficient (Wildman–Crippen LogP) is 1.61. The van der Waals surface area contributed by atoms with E-state index in [1.807, 2.05) is 0 Å². The SMILES string of the molecule is CCOC(=O)Cc1[nH][nH]c(=O)c1[C@@H](CC(N)=O)c1ccc(F)cc1Cl. The third-order valence-corrected chi connectivity index (χ3v) is 3.94. The van der Waals surface area contributed by atoms with Crippen molar-refractivity contribution < 1.29 is 18.7 Å². The quantitative estimate of drug-likeness (QED) is 0.642. The molecule has 0 saturated heterocycles. The van der Waals surface area contributed by atoms with Crippen molar-refractivity contribution in [2.24, 2.45) is 5.73 Å². The van der Waals surface area contributed by atoms with Crippen molar-refractivity contribution in [3.05, 3.63) is 56.2 Å². The number of H-pyrrole nitrogens is 2. The molecule has 2 aromatic rings. The van der Waals surface area contributed by atoms with Gasteiger partial charge in [-0.1, -0.05) is 17.7 Å². The minimum Gasteiger partial charge on any atom is -0.466 e. The molecule has 0 spiro atoms. The zero-order valence-electron chi connectivity index (χ0n) is 13.4. The fraction of sp³-hybridized carbons (Fsp3) is 0.312. The zero-order valence-corrected chi connectivity index (χ0v) is 14.2. The molecule has 2 rings (SSSR count). The van der Waals surface area contributed by atoms with Gasteiger partial charge in [0.05, 0.1) is 18.7 Å². The summed E-state index contributed by atoms with van der Waals surface area (Å²) in [5, 5.41) is 5.04. The molecule has 0 saturated carbocycles. The van der Waals surface area contributed by atoms with Gasteiger partial charge in [-0.15, -0.1) is 0 Å². The fourth-order valence-corrected chi connectivity index (χ4v) is 2.92. The zero-order chi connectivity index (χ0) is 18.6. The highest BCUT2D eigenvalue weighted by atomic mass is 35.5. The Morgan fingerprint density at radius 3 is 2.68 bits per heavy atom. The second-order valence-electron chi connectivity index (χ2n) is 5.34. The summed E-state index contributed by atoms with van der Waals surface area (Å²) >= 11 is 6.08. The number of carbonyl (C=O) groups is 2. The lowest BCUT2D eigenvalue weighted by molar-refractivity contribution is -0.142. The Bertz CT molecular complexity index is 846. The van der Waals surface area contributed by atoms with E-state index in [-0.39, 0.29) is 35.7 Å². The van der Waals surface area contributed by atoms with Crippen LogP contribution in [0.3, 0.4) is 0 Å². The number of benzene rings is 1. The molecule has 1 atom stereocenters. The van der Waals surface area contributed by atoms with Crippen molar-refractivity contribution in [1.82, 2.24) is 10.2 Å². The topological polar surface area (TPSA) is 118 Å². The second-order valence-corrected chi connectivity index (χ2v) is 5.75. The molecular weight excluding hydrogens is 353 g/mol. The number of nitrogens with one attached hydrogen (secondary N) is 2. The summed E-state index contributed by atoms with van der Waals surface area (Å²) in [7, 11) is 0. The van der Waals surface area contributed by atoms with Gasteiger partial charge in [0.15, 0.2) is 0 Å². The van der Waals surface area contributed by atoms with E-state index in [9.17, 15) is 18.8 Å². The van der Waals surface area contributed by atoms with Gasteiger partial charge in [-0.25, -0.2) is 4.39 Å². The third-order valence-electron chi connectivity index (χ3n) is 3.61. The smallest absolute Gasteiger partial charge is 0.311 e. The van der Waals surface area contributed by atoms with Gasteiger partial charge in [-0.2, -0.15) is 0 Å². The van der Waals surface area contributed by atoms with Crippen LogP contribution in [0.4, 0.5) is 4.39 Å². The summed E-state index contributed by atoms with van der Waals surface area (Å²) < 4.78 is 18.2. The lowest BCUT2D eigenvalue weighted by Crippen LogP contribution is -2.22. The van der Waals surface area contributed by atoms with Gasteiger partial charge in [0.2, 0.25) is 5.91 Å². The first-order valence-electron chi connectivity index (χ1n) is 7.51. The van der Waals surface area contributed by atoms with Gasteiger partial charge < -0.3 is 15.6 Å². The van der Waals surface area contributed by atoms with E-state index in [1.165, 1.54) is 12.1 Å². The molecule has 7 nitrogen and oxygen atoms in total. The van der Waals surface area contributed by atoms with E-state index in [4.69, 9.17) is 22.1 Å². The van der Waals surface area contributed by atoms with Crippen molar-refractivity contribution in [3.8, 4) is 0 Å². The molecular formula is C16H17ClFN3O4. The Kier molecular flexibility index (Phi) is 5.97. The lowest BCUT2D eigenvalue weighted by atomic mass is 9.87. The Morgan fingerprint density at radius 1 is 1.36 bits per heavy atom. The number of ether oxygens (including phenoxy) is 1. The molecule has 9 heteroatoms. The van der Waals surface area contributed by atoms with Crippen molar-refractivity contribution in [2.75, 3.05) is 6.61 Å². The number of esters is 1. The highest BCUT2D eigenvalue weighted by Crippen LogP contribution is 2.33. The summed E-state index contributed by atoms with van der Waals surface area (Å²) in [4.78, 5) is 35.5. The molecule has 134 valence electrons. The van der Waals surface area contributed by atoms with Crippen LogP contribution in [0.1, 0.15) is 36.1 Å².